The lowest BCUT2D eigenvalue weighted by molar-refractivity contribution is -0.149. The van der Waals surface area contributed by atoms with Crippen molar-refractivity contribution in [3.8, 4) is 0 Å². The summed E-state index contributed by atoms with van der Waals surface area (Å²) in [5.41, 5.74) is 0.649. The van der Waals surface area contributed by atoms with Crippen LogP contribution in [0.1, 0.15) is 19.8 Å². The van der Waals surface area contributed by atoms with Crippen LogP contribution >= 0.6 is 0 Å². The van der Waals surface area contributed by atoms with Crippen LogP contribution in [0.3, 0.4) is 0 Å². The molecule has 1 N–H and O–H groups in total. The maximum absolute atomic E-state index is 12.1. The highest BCUT2D eigenvalue weighted by atomic mass is 16.5. The molecular formula is C14H19N3O3. The van der Waals surface area contributed by atoms with E-state index >= 15 is 0 Å². The topological polar surface area (TPSA) is 71.5 Å². The van der Waals surface area contributed by atoms with Gasteiger partial charge in [-0.25, -0.2) is 4.79 Å². The fraction of sp³-hybridized carbons (Fsp3) is 0.500. The van der Waals surface area contributed by atoms with Gasteiger partial charge in [0.25, 0.3) is 0 Å². The fourth-order valence-electron chi connectivity index (χ4n) is 2.25. The Morgan fingerprint density at radius 1 is 1.55 bits per heavy atom. The van der Waals surface area contributed by atoms with Gasteiger partial charge < -0.3 is 15.0 Å². The quantitative estimate of drug-likeness (QED) is 0.856. The van der Waals surface area contributed by atoms with E-state index in [1.165, 1.54) is 0 Å². The normalized spacial score (nSPS) is 18.4. The molecule has 1 aromatic rings. The zero-order valence-electron chi connectivity index (χ0n) is 11.5. The first-order chi connectivity index (χ1) is 9.70. The summed E-state index contributed by atoms with van der Waals surface area (Å²) in [6.45, 7) is 3.22. The van der Waals surface area contributed by atoms with E-state index in [1.54, 1.807) is 36.4 Å². The summed E-state index contributed by atoms with van der Waals surface area (Å²) in [5.74, 6) is -0.435. The van der Waals surface area contributed by atoms with Crippen LogP contribution in [0.15, 0.2) is 24.5 Å². The summed E-state index contributed by atoms with van der Waals surface area (Å²) in [6, 6.07) is 3.33. The van der Waals surface area contributed by atoms with Crippen molar-refractivity contribution in [2.75, 3.05) is 25.0 Å². The number of urea groups is 1. The number of pyridine rings is 1. The zero-order valence-corrected chi connectivity index (χ0v) is 11.5. The molecule has 1 aliphatic heterocycles. The number of anilines is 1. The molecular weight excluding hydrogens is 258 g/mol. The van der Waals surface area contributed by atoms with Crippen LogP contribution in [0.25, 0.3) is 0 Å². The van der Waals surface area contributed by atoms with Gasteiger partial charge in [-0.1, -0.05) is 0 Å². The van der Waals surface area contributed by atoms with Crippen molar-refractivity contribution < 1.29 is 14.3 Å². The molecule has 1 aliphatic rings. The molecule has 2 amide bonds. The van der Waals surface area contributed by atoms with Gasteiger partial charge in [-0.05, 0) is 31.9 Å². The number of carbonyl (C=O) groups excluding carboxylic acids is 2. The lowest BCUT2D eigenvalue weighted by Gasteiger charge is -2.31. The number of likely N-dealkylation sites (tertiary alicyclic amines) is 1. The number of nitrogens with one attached hydrogen (secondary N) is 1. The predicted molar refractivity (Wildman–Crippen MR) is 74.2 cm³/mol. The molecule has 6 nitrogen and oxygen atoms in total. The van der Waals surface area contributed by atoms with Crippen molar-refractivity contribution in [2.24, 2.45) is 5.92 Å². The van der Waals surface area contributed by atoms with Crippen LogP contribution in [-0.4, -0.2) is 41.6 Å². The maximum Gasteiger partial charge on any atom is 0.321 e. The second kappa shape index (κ2) is 6.88. The van der Waals surface area contributed by atoms with Gasteiger partial charge in [0.15, 0.2) is 0 Å². The first-order valence-electron chi connectivity index (χ1n) is 6.83. The van der Waals surface area contributed by atoms with E-state index in [-0.39, 0.29) is 17.9 Å². The summed E-state index contributed by atoms with van der Waals surface area (Å²) >= 11 is 0. The Hall–Kier alpha value is -2.11. The van der Waals surface area contributed by atoms with Crippen molar-refractivity contribution in [3.05, 3.63) is 24.5 Å². The van der Waals surface area contributed by atoms with Crippen molar-refractivity contribution in [1.82, 2.24) is 9.88 Å². The third kappa shape index (κ3) is 3.69. The molecule has 2 heterocycles. The van der Waals surface area contributed by atoms with Crippen LogP contribution in [-0.2, 0) is 9.53 Å². The molecule has 1 saturated heterocycles. The molecule has 0 spiro atoms. The third-order valence-corrected chi connectivity index (χ3v) is 3.24. The minimum atomic E-state index is -0.219. The highest BCUT2D eigenvalue weighted by molar-refractivity contribution is 5.89. The van der Waals surface area contributed by atoms with Crippen molar-refractivity contribution in [2.45, 2.75) is 19.8 Å². The number of aromatic nitrogens is 1. The first-order valence-corrected chi connectivity index (χ1v) is 6.83. The number of nitrogens with zero attached hydrogens (tertiary/aromatic N) is 2. The summed E-state index contributed by atoms with van der Waals surface area (Å²) in [4.78, 5) is 29.5. The molecule has 6 heteroatoms. The minimum absolute atomic E-state index is 0.202. The molecule has 1 atom stereocenters. The number of hydrogen-bond donors (Lipinski definition) is 1. The maximum atomic E-state index is 12.1. The van der Waals surface area contributed by atoms with Gasteiger partial charge in [0.2, 0.25) is 0 Å². The molecule has 1 fully saturated rings. The fourth-order valence-corrected chi connectivity index (χ4v) is 2.25. The van der Waals surface area contributed by atoms with Gasteiger partial charge in [0.05, 0.1) is 24.4 Å². The van der Waals surface area contributed by atoms with Crippen LogP contribution < -0.4 is 5.32 Å². The lowest BCUT2D eigenvalue weighted by atomic mass is 9.98. The van der Waals surface area contributed by atoms with Gasteiger partial charge >= 0.3 is 12.0 Å². The second-order valence-corrected chi connectivity index (χ2v) is 4.71. The number of piperidine rings is 1. The van der Waals surface area contributed by atoms with Crippen LogP contribution in [0.4, 0.5) is 10.5 Å². The third-order valence-electron chi connectivity index (χ3n) is 3.24. The van der Waals surface area contributed by atoms with E-state index in [0.29, 0.717) is 25.4 Å². The number of esters is 1. The van der Waals surface area contributed by atoms with E-state index in [2.05, 4.69) is 10.3 Å². The van der Waals surface area contributed by atoms with E-state index in [1.807, 2.05) is 0 Å². The largest absolute Gasteiger partial charge is 0.466 e. The van der Waals surface area contributed by atoms with E-state index in [9.17, 15) is 9.59 Å². The van der Waals surface area contributed by atoms with E-state index < -0.39 is 0 Å². The first kappa shape index (κ1) is 14.3. The summed E-state index contributed by atoms with van der Waals surface area (Å²) in [7, 11) is 0. The molecule has 0 radical (unpaired) electrons. The van der Waals surface area contributed by atoms with Crippen LogP contribution in [0, 0.1) is 5.92 Å². The summed E-state index contributed by atoms with van der Waals surface area (Å²) < 4.78 is 5.02. The molecule has 1 unspecified atom stereocenters. The smallest absolute Gasteiger partial charge is 0.321 e. The average Bonchev–Trinajstić information content (AvgIpc) is 2.48. The number of ether oxygens (including phenoxy) is 1. The molecule has 108 valence electrons. The zero-order chi connectivity index (χ0) is 14.4. The highest BCUT2D eigenvalue weighted by Gasteiger charge is 2.29. The van der Waals surface area contributed by atoms with Crippen molar-refractivity contribution in [3.63, 3.8) is 0 Å². The van der Waals surface area contributed by atoms with Crippen molar-refractivity contribution in [1.29, 1.82) is 0 Å². The Morgan fingerprint density at radius 3 is 3.10 bits per heavy atom. The molecule has 2 rings (SSSR count). The van der Waals surface area contributed by atoms with E-state index in [0.717, 1.165) is 12.8 Å². The molecule has 0 saturated carbocycles. The standard InChI is InChI=1S/C14H19N3O3/c1-2-20-13(18)11-5-4-8-17(10-11)14(19)16-12-6-3-7-15-9-12/h3,6-7,9,11H,2,4-5,8,10H2,1H3,(H,16,19). The molecule has 0 bridgehead atoms. The Kier molecular flexibility index (Phi) is 4.92. The predicted octanol–water partition coefficient (Wildman–Crippen LogP) is 1.89. The Morgan fingerprint density at radius 2 is 2.40 bits per heavy atom. The van der Waals surface area contributed by atoms with E-state index in [4.69, 9.17) is 4.74 Å². The van der Waals surface area contributed by atoms with Crippen LogP contribution in [0.5, 0.6) is 0 Å². The number of rotatable bonds is 3. The molecule has 0 aromatic carbocycles. The van der Waals surface area contributed by atoms with Gasteiger partial charge in [-0.2, -0.15) is 0 Å². The van der Waals surface area contributed by atoms with Crippen LogP contribution in [0.2, 0.25) is 0 Å². The second-order valence-electron chi connectivity index (χ2n) is 4.71. The highest BCUT2D eigenvalue weighted by Crippen LogP contribution is 2.19. The average molecular weight is 277 g/mol. The van der Waals surface area contributed by atoms with Gasteiger partial charge in [0, 0.05) is 19.3 Å². The number of carbonyl (C=O) groups is 2. The SMILES string of the molecule is CCOC(=O)C1CCCN(C(=O)Nc2cccnc2)C1. The summed E-state index contributed by atoms with van der Waals surface area (Å²) in [5, 5.41) is 2.78. The van der Waals surface area contributed by atoms with Gasteiger partial charge in [0.1, 0.15) is 0 Å². The molecule has 1 aromatic heterocycles. The van der Waals surface area contributed by atoms with Crippen molar-refractivity contribution >= 4 is 17.7 Å². The Labute approximate surface area is 118 Å². The minimum Gasteiger partial charge on any atom is -0.466 e. The number of hydrogen-bond acceptors (Lipinski definition) is 4. The monoisotopic (exact) mass is 277 g/mol. The Bertz CT molecular complexity index is 464. The lowest BCUT2D eigenvalue weighted by Crippen LogP contribution is -2.44. The molecule has 20 heavy (non-hydrogen) atoms. The molecule has 0 aliphatic carbocycles. The number of amides is 2. The summed E-state index contributed by atoms with van der Waals surface area (Å²) in [6.07, 6.45) is 4.82. The van der Waals surface area contributed by atoms with Gasteiger partial charge in [-0.15, -0.1) is 0 Å². The van der Waals surface area contributed by atoms with Gasteiger partial charge in [-0.3, -0.25) is 9.78 Å². The Balaban J connectivity index is 1.91.